The Morgan fingerprint density at radius 1 is 1.08 bits per heavy atom. The smallest absolute Gasteiger partial charge is 0.226 e. The van der Waals surface area contributed by atoms with Crippen LogP contribution in [0.4, 0.5) is 5.69 Å². The Bertz CT molecular complexity index is 690. The lowest BCUT2D eigenvalue weighted by molar-refractivity contribution is -0.119. The van der Waals surface area contributed by atoms with Gasteiger partial charge in [-0.05, 0) is 37.5 Å². The van der Waals surface area contributed by atoms with Gasteiger partial charge in [0.25, 0.3) is 0 Å². The normalized spacial score (nSPS) is 15.9. The number of likely N-dealkylation sites (tertiary alicyclic amines) is 1. The minimum atomic E-state index is 0.225. The highest BCUT2D eigenvalue weighted by Crippen LogP contribution is 2.25. The van der Waals surface area contributed by atoms with Crippen LogP contribution in [0.5, 0.6) is 0 Å². The fourth-order valence-electron chi connectivity index (χ4n) is 3.72. The first kappa shape index (κ1) is 17.7. The third-order valence-corrected chi connectivity index (χ3v) is 5.02. The van der Waals surface area contributed by atoms with Crippen LogP contribution >= 0.6 is 0 Å². The first-order valence-electron chi connectivity index (χ1n) is 9.32. The van der Waals surface area contributed by atoms with Gasteiger partial charge >= 0.3 is 0 Å². The molecule has 132 valence electrons. The summed E-state index contributed by atoms with van der Waals surface area (Å²) in [7, 11) is 0. The summed E-state index contributed by atoms with van der Waals surface area (Å²) in [5, 5.41) is 0. The average Bonchev–Trinajstić information content (AvgIpc) is 2.64. The second-order valence-corrected chi connectivity index (χ2v) is 6.95. The summed E-state index contributed by atoms with van der Waals surface area (Å²) in [4.78, 5) is 17.1. The van der Waals surface area contributed by atoms with E-state index in [1.165, 1.54) is 11.1 Å². The van der Waals surface area contributed by atoms with E-state index in [1.54, 1.807) is 0 Å². The molecule has 3 rings (SSSR count). The van der Waals surface area contributed by atoms with Crippen molar-refractivity contribution in [3.8, 4) is 0 Å². The summed E-state index contributed by atoms with van der Waals surface area (Å²) in [5.74, 6) is 0.225. The van der Waals surface area contributed by atoms with Gasteiger partial charge in [0.05, 0.1) is 0 Å². The highest BCUT2D eigenvalue weighted by Gasteiger charge is 2.28. The zero-order valence-electron chi connectivity index (χ0n) is 15.3. The predicted molar refractivity (Wildman–Crippen MR) is 104 cm³/mol. The highest BCUT2D eigenvalue weighted by atomic mass is 16.2. The van der Waals surface area contributed by atoms with Crippen LogP contribution in [0.1, 0.15) is 37.3 Å². The number of benzene rings is 2. The first-order valence-corrected chi connectivity index (χ1v) is 9.32. The second kappa shape index (κ2) is 8.30. The molecule has 0 aromatic heterocycles. The van der Waals surface area contributed by atoms with Gasteiger partial charge in [-0.2, -0.15) is 0 Å². The van der Waals surface area contributed by atoms with Gasteiger partial charge in [-0.15, -0.1) is 0 Å². The van der Waals surface area contributed by atoms with E-state index >= 15 is 0 Å². The van der Waals surface area contributed by atoms with Crippen LogP contribution < -0.4 is 4.90 Å². The second-order valence-electron chi connectivity index (χ2n) is 6.95. The molecular formula is C22H28N2O. The maximum atomic E-state index is 12.5. The van der Waals surface area contributed by atoms with Crippen molar-refractivity contribution >= 4 is 11.6 Å². The SMILES string of the molecule is CCC(=O)N(c1ccccc1)C1CCN(Cc2cccc(C)c2)CC1. The number of carbonyl (C=O) groups excluding carboxylic acids is 1. The van der Waals surface area contributed by atoms with E-state index < -0.39 is 0 Å². The van der Waals surface area contributed by atoms with Crippen LogP contribution in [0.2, 0.25) is 0 Å². The number of aryl methyl sites for hydroxylation is 1. The molecule has 1 heterocycles. The molecule has 0 spiro atoms. The molecule has 3 heteroatoms. The summed E-state index contributed by atoms with van der Waals surface area (Å²) in [6, 6.07) is 19.2. The number of piperidine rings is 1. The molecule has 1 amide bonds. The van der Waals surface area contributed by atoms with E-state index in [1.807, 2.05) is 42.2 Å². The van der Waals surface area contributed by atoms with Gasteiger partial charge in [-0.3, -0.25) is 9.69 Å². The molecule has 25 heavy (non-hydrogen) atoms. The standard InChI is InChI=1S/C22H28N2O/c1-3-22(25)24(20-10-5-4-6-11-20)21-12-14-23(15-13-21)17-19-9-7-8-18(2)16-19/h4-11,16,21H,3,12-15,17H2,1-2H3. The number of nitrogens with zero attached hydrogens (tertiary/aromatic N) is 2. The number of para-hydroxylation sites is 1. The third kappa shape index (κ3) is 4.49. The van der Waals surface area contributed by atoms with Gasteiger partial charge < -0.3 is 4.90 Å². The molecular weight excluding hydrogens is 308 g/mol. The van der Waals surface area contributed by atoms with Crippen molar-refractivity contribution in [2.45, 2.75) is 45.7 Å². The predicted octanol–water partition coefficient (Wildman–Crippen LogP) is 4.40. The number of rotatable bonds is 5. The number of anilines is 1. The molecule has 1 aliphatic rings. The van der Waals surface area contributed by atoms with Crippen molar-refractivity contribution in [2.24, 2.45) is 0 Å². The van der Waals surface area contributed by atoms with E-state index in [2.05, 4.69) is 36.1 Å². The van der Waals surface area contributed by atoms with Crippen LogP contribution in [-0.4, -0.2) is 29.9 Å². The Balaban J connectivity index is 1.64. The third-order valence-electron chi connectivity index (χ3n) is 5.02. The van der Waals surface area contributed by atoms with Crippen LogP contribution in [-0.2, 0) is 11.3 Å². The van der Waals surface area contributed by atoms with Crippen LogP contribution in [0.3, 0.4) is 0 Å². The van der Waals surface area contributed by atoms with Crippen LogP contribution in [0.15, 0.2) is 54.6 Å². The molecule has 0 unspecified atom stereocenters. The zero-order valence-corrected chi connectivity index (χ0v) is 15.3. The van der Waals surface area contributed by atoms with Gasteiger partial charge in [0.1, 0.15) is 0 Å². The van der Waals surface area contributed by atoms with Gasteiger partial charge in [-0.1, -0.05) is 55.0 Å². The van der Waals surface area contributed by atoms with E-state index in [0.29, 0.717) is 12.5 Å². The Labute approximate surface area is 151 Å². The first-order chi connectivity index (χ1) is 12.2. The fraction of sp³-hybridized carbons (Fsp3) is 0.409. The monoisotopic (exact) mass is 336 g/mol. The fourth-order valence-corrected chi connectivity index (χ4v) is 3.72. The maximum absolute atomic E-state index is 12.5. The molecule has 0 radical (unpaired) electrons. The number of carbonyl (C=O) groups is 1. The van der Waals surface area contributed by atoms with E-state index in [9.17, 15) is 4.79 Å². The maximum Gasteiger partial charge on any atom is 0.226 e. The van der Waals surface area contributed by atoms with Crippen molar-refractivity contribution in [3.63, 3.8) is 0 Å². The lowest BCUT2D eigenvalue weighted by atomic mass is 10.0. The molecule has 0 aliphatic carbocycles. The average molecular weight is 336 g/mol. The molecule has 0 N–H and O–H groups in total. The zero-order chi connectivity index (χ0) is 17.6. The van der Waals surface area contributed by atoms with Gasteiger partial charge in [-0.25, -0.2) is 0 Å². The summed E-state index contributed by atoms with van der Waals surface area (Å²) in [6.07, 6.45) is 2.62. The molecule has 2 aromatic carbocycles. The molecule has 0 bridgehead atoms. The van der Waals surface area contributed by atoms with Gasteiger partial charge in [0.2, 0.25) is 5.91 Å². The van der Waals surface area contributed by atoms with Gasteiger partial charge in [0, 0.05) is 37.8 Å². The highest BCUT2D eigenvalue weighted by molar-refractivity contribution is 5.93. The van der Waals surface area contributed by atoms with E-state index in [0.717, 1.165) is 38.2 Å². The molecule has 0 atom stereocenters. The molecule has 2 aromatic rings. The summed E-state index contributed by atoms with van der Waals surface area (Å²) < 4.78 is 0. The number of amides is 1. The van der Waals surface area contributed by atoms with Gasteiger partial charge in [0.15, 0.2) is 0 Å². The lowest BCUT2D eigenvalue weighted by Gasteiger charge is -2.38. The Hall–Kier alpha value is -2.13. The van der Waals surface area contributed by atoms with Crippen molar-refractivity contribution in [3.05, 3.63) is 65.7 Å². The Kier molecular flexibility index (Phi) is 5.87. The minimum Gasteiger partial charge on any atom is -0.309 e. The topological polar surface area (TPSA) is 23.6 Å². The lowest BCUT2D eigenvalue weighted by Crippen LogP contribution is -2.47. The largest absolute Gasteiger partial charge is 0.309 e. The summed E-state index contributed by atoms with van der Waals surface area (Å²) in [5.41, 5.74) is 3.73. The van der Waals surface area contributed by atoms with Crippen molar-refractivity contribution in [1.29, 1.82) is 0 Å². The van der Waals surface area contributed by atoms with Crippen LogP contribution in [0.25, 0.3) is 0 Å². The van der Waals surface area contributed by atoms with Crippen LogP contribution in [0, 0.1) is 6.92 Å². The van der Waals surface area contributed by atoms with Crippen molar-refractivity contribution < 1.29 is 4.79 Å². The summed E-state index contributed by atoms with van der Waals surface area (Å²) >= 11 is 0. The molecule has 1 fully saturated rings. The minimum absolute atomic E-state index is 0.225. The Morgan fingerprint density at radius 3 is 2.44 bits per heavy atom. The number of hydrogen-bond acceptors (Lipinski definition) is 2. The molecule has 0 saturated carbocycles. The van der Waals surface area contributed by atoms with Crippen molar-refractivity contribution in [2.75, 3.05) is 18.0 Å². The summed E-state index contributed by atoms with van der Waals surface area (Å²) in [6.45, 7) is 7.17. The Morgan fingerprint density at radius 2 is 1.80 bits per heavy atom. The van der Waals surface area contributed by atoms with E-state index in [-0.39, 0.29) is 5.91 Å². The molecule has 1 saturated heterocycles. The van der Waals surface area contributed by atoms with Crippen molar-refractivity contribution in [1.82, 2.24) is 4.90 Å². The number of hydrogen-bond donors (Lipinski definition) is 0. The molecule has 1 aliphatic heterocycles. The quantitative estimate of drug-likeness (QED) is 0.808. The van der Waals surface area contributed by atoms with E-state index in [4.69, 9.17) is 0 Å². The molecule has 3 nitrogen and oxygen atoms in total.